The summed E-state index contributed by atoms with van der Waals surface area (Å²) in [7, 11) is -2.55. The molecule has 3 aromatic rings. The SMILES string of the molecule is COc1ccc(F)cc1S(=O)(=O)N1CCN(c2ccc(-c3ccc(Cl)cc3Cl)nn2)CC1. The number of hydrogen-bond donors (Lipinski definition) is 0. The molecule has 1 aliphatic rings. The van der Waals surface area contributed by atoms with E-state index < -0.39 is 15.8 Å². The molecule has 0 radical (unpaired) electrons. The first kappa shape index (κ1) is 22.7. The van der Waals surface area contributed by atoms with Crippen molar-refractivity contribution in [1.29, 1.82) is 0 Å². The lowest BCUT2D eigenvalue weighted by Gasteiger charge is -2.34. The van der Waals surface area contributed by atoms with E-state index in [4.69, 9.17) is 27.9 Å². The van der Waals surface area contributed by atoms with Crippen LogP contribution in [0.3, 0.4) is 0 Å². The number of anilines is 1. The molecule has 0 atom stereocenters. The lowest BCUT2D eigenvalue weighted by atomic mass is 10.1. The molecule has 32 heavy (non-hydrogen) atoms. The van der Waals surface area contributed by atoms with Gasteiger partial charge in [-0.15, -0.1) is 10.2 Å². The maximum absolute atomic E-state index is 13.7. The molecule has 1 saturated heterocycles. The van der Waals surface area contributed by atoms with Crippen molar-refractivity contribution in [2.24, 2.45) is 0 Å². The van der Waals surface area contributed by atoms with Crippen LogP contribution in [0.15, 0.2) is 53.4 Å². The maximum atomic E-state index is 13.7. The van der Waals surface area contributed by atoms with Gasteiger partial charge in [0.2, 0.25) is 10.0 Å². The van der Waals surface area contributed by atoms with E-state index in [9.17, 15) is 12.8 Å². The number of rotatable bonds is 5. The Morgan fingerprint density at radius 2 is 1.72 bits per heavy atom. The van der Waals surface area contributed by atoms with Crippen molar-refractivity contribution >= 4 is 39.0 Å². The van der Waals surface area contributed by atoms with Gasteiger partial charge in [-0.25, -0.2) is 12.8 Å². The Labute approximate surface area is 195 Å². The number of piperazine rings is 1. The number of hydrogen-bond acceptors (Lipinski definition) is 6. The van der Waals surface area contributed by atoms with Crippen LogP contribution in [0.2, 0.25) is 10.0 Å². The quantitative estimate of drug-likeness (QED) is 0.528. The van der Waals surface area contributed by atoms with Crippen LogP contribution in [-0.4, -0.2) is 56.2 Å². The summed E-state index contributed by atoms with van der Waals surface area (Å²) in [6.45, 7) is 1.25. The lowest BCUT2D eigenvalue weighted by Crippen LogP contribution is -2.49. The Kier molecular flexibility index (Phi) is 6.52. The van der Waals surface area contributed by atoms with Gasteiger partial charge in [0.1, 0.15) is 16.5 Å². The van der Waals surface area contributed by atoms with Gasteiger partial charge >= 0.3 is 0 Å². The second kappa shape index (κ2) is 9.19. The molecule has 0 aliphatic carbocycles. The summed E-state index contributed by atoms with van der Waals surface area (Å²) in [4.78, 5) is 1.76. The summed E-state index contributed by atoms with van der Waals surface area (Å²) < 4.78 is 46.2. The van der Waals surface area contributed by atoms with Crippen molar-refractivity contribution in [2.75, 3.05) is 38.2 Å². The summed E-state index contributed by atoms with van der Waals surface area (Å²) >= 11 is 12.2. The van der Waals surface area contributed by atoms with Gasteiger partial charge in [0.25, 0.3) is 0 Å². The van der Waals surface area contributed by atoms with Gasteiger partial charge in [0.05, 0.1) is 17.8 Å². The number of aromatic nitrogens is 2. The number of sulfonamides is 1. The molecule has 2 aromatic carbocycles. The first-order valence-electron chi connectivity index (χ1n) is 9.67. The molecule has 0 unspecified atom stereocenters. The Balaban J connectivity index is 1.47. The fourth-order valence-electron chi connectivity index (χ4n) is 3.48. The van der Waals surface area contributed by atoms with Crippen LogP contribution >= 0.6 is 23.2 Å². The van der Waals surface area contributed by atoms with E-state index in [0.717, 1.165) is 17.7 Å². The van der Waals surface area contributed by atoms with Gasteiger partial charge in [-0.2, -0.15) is 4.31 Å². The van der Waals surface area contributed by atoms with Crippen LogP contribution in [0.25, 0.3) is 11.3 Å². The molecule has 0 N–H and O–H groups in total. The third kappa shape index (κ3) is 4.52. The van der Waals surface area contributed by atoms with Crippen molar-refractivity contribution < 1.29 is 17.5 Å². The highest BCUT2D eigenvalue weighted by Crippen LogP contribution is 2.30. The standard InChI is InChI=1S/C21H19Cl2FN4O3S/c1-31-19-6-3-15(24)13-20(19)32(29,30)28-10-8-27(9-11-28)21-7-5-18(25-26-21)16-4-2-14(22)12-17(16)23/h2-7,12-13H,8-11H2,1H3. The van der Waals surface area contributed by atoms with Gasteiger partial charge in [0, 0.05) is 36.8 Å². The van der Waals surface area contributed by atoms with Crippen molar-refractivity contribution in [3.05, 3.63) is 64.4 Å². The number of halogens is 3. The molecular formula is C21H19Cl2FN4O3S. The summed E-state index contributed by atoms with van der Waals surface area (Å²) in [6.07, 6.45) is 0. The third-order valence-corrected chi connectivity index (χ3v) is 7.63. The van der Waals surface area contributed by atoms with Crippen molar-refractivity contribution in [1.82, 2.24) is 14.5 Å². The molecule has 7 nitrogen and oxygen atoms in total. The summed E-state index contributed by atoms with van der Waals surface area (Å²) in [5.41, 5.74) is 1.32. The molecule has 0 saturated carbocycles. The van der Waals surface area contributed by atoms with E-state index in [2.05, 4.69) is 10.2 Å². The van der Waals surface area contributed by atoms with E-state index in [1.54, 1.807) is 24.3 Å². The topological polar surface area (TPSA) is 75.6 Å². The van der Waals surface area contributed by atoms with Crippen LogP contribution in [0, 0.1) is 5.82 Å². The smallest absolute Gasteiger partial charge is 0.246 e. The number of ether oxygens (including phenoxy) is 1. The van der Waals surface area contributed by atoms with Crippen molar-refractivity contribution in [2.45, 2.75) is 4.90 Å². The van der Waals surface area contributed by atoms with Gasteiger partial charge < -0.3 is 9.64 Å². The van der Waals surface area contributed by atoms with Gasteiger partial charge in [-0.3, -0.25) is 0 Å². The Bertz CT molecular complexity index is 1230. The number of benzene rings is 2. The predicted octanol–water partition coefficient (Wildman–Crippen LogP) is 4.11. The fourth-order valence-corrected chi connectivity index (χ4v) is 5.58. The van der Waals surface area contributed by atoms with E-state index in [1.807, 2.05) is 11.0 Å². The Morgan fingerprint density at radius 1 is 0.969 bits per heavy atom. The molecule has 0 spiro atoms. The monoisotopic (exact) mass is 496 g/mol. The zero-order valence-electron chi connectivity index (χ0n) is 17.0. The zero-order valence-corrected chi connectivity index (χ0v) is 19.3. The van der Waals surface area contributed by atoms with Crippen LogP contribution in [0.5, 0.6) is 5.75 Å². The second-order valence-corrected chi connectivity index (χ2v) is 9.84. The highest BCUT2D eigenvalue weighted by molar-refractivity contribution is 7.89. The highest BCUT2D eigenvalue weighted by atomic mass is 35.5. The van der Waals surface area contributed by atoms with Gasteiger partial charge in [-0.05, 0) is 48.5 Å². The van der Waals surface area contributed by atoms with Crippen LogP contribution < -0.4 is 9.64 Å². The molecule has 2 heterocycles. The molecular weight excluding hydrogens is 478 g/mol. The minimum absolute atomic E-state index is 0.108. The van der Waals surface area contributed by atoms with E-state index in [0.29, 0.717) is 34.6 Å². The van der Waals surface area contributed by atoms with E-state index in [-0.39, 0.29) is 23.7 Å². The Morgan fingerprint density at radius 3 is 2.34 bits per heavy atom. The molecule has 168 valence electrons. The normalized spacial score (nSPS) is 15.1. The van der Waals surface area contributed by atoms with Gasteiger partial charge in [-0.1, -0.05) is 23.2 Å². The largest absolute Gasteiger partial charge is 0.495 e. The van der Waals surface area contributed by atoms with Crippen LogP contribution in [0.1, 0.15) is 0 Å². The fraction of sp³-hybridized carbons (Fsp3) is 0.238. The number of methoxy groups -OCH3 is 1. The average Bonchev–Trinajstić information content (AvgIpc) is 2.79. The van der Waals surface area contributed by atoms with Crippen molar-refractivity contribution in [3.8, 4) is 17.0 Å². The summed E-state index contributed by atoms with van der Waals surface area (Å²) in [5.74, 6) is 0.0922. The average molecular weight is 497 g/mol. The first-order valence-corrected chi connectivity index (χ1v) is 11.9. The molecule has 0 bridgehead atoms. The maximum Gasteiger partial charge on any atom is 0.246 e. The molecule has 4 rings (SSSR count). The summed E-state index contributed by atoms with van der Waals surface area (Å²) in [5, 5.41) is 9.54. The van der Waals surface area contributed by atoms with E-state index in [1.165, 1.54) is 17.5 Å². The van der Waals surface area contributed by atoms with E-state index >= 15 is 0 Å². The lowest BCUT2D eigenvalue weighted by molar-refractivity contribution is 0.372. The minimum Gasteiger partial charge on any atom is -0.495 e. The molecule has 1 fully saturated rings. The minimum atomic E-state index is -3.90. The molecule has 1 aromatic heterocycles. The Hall–Kier alpha value is -2.46. The molecule has 11 heteroatoms. The highest BCUT2D eigenvalue weighted by Gasteiger charge is 2.31. The second-order valence-electron chi connectivity index (χ2n) is 7.09. The summed E-state index contributed by atoms with van der Waals surface area (Å²) in [6, 6.07) is 12.2. The van der Waals surface area contributed by atoms with Crippen molar-refractivity contribution in [3.63, 3.8) is 0 Å². The third-order valence-electron chi connectivity index (χ3n) is 5.16. The van der Waals surface area contributed by atoms with Crippen LogP contribution in [0.4, 0.5) is 10.2 Å². The molecule has 1 aliphatic heterocycles. The number of nitrogens with zero attached hydrogens (tertiary/aromatic N) is 4. The van der Waals surface area contributed by atoms with Crippen LogP contribution in [-0.2, 0) is 10.0 Å². The zero-order chi connectivity index (χ0) is 22.9. The molecule has 0 amide bonds. The first-order chi connectivity index (χ1) is 15.3. The van der Waals surface area contributed by atoms with Gasteiger partial charge in [0.15, 0.2) is 5.82 Å². The predicted molar refractivity (Wildman–Crippen MR) is 121 cm³/mol.